The van der Waals surface area contributed by atoms with Crippen LogP contribution in [0.2, 0.25) is 0 Å². The normalized spacial score (nSPS) is 10.9. The molecule has 0 aliphatic heterocycles. The van der Waals surface area contributed by atoms with E-state index in [0.717, 1.165) is 44.9 Å². The highest BCUT2D eigenvalue weighted by Crippen LogP contribution is 2.26. The second-order valence-corrected chi connectivity index (χ2v) is 7.99. The van der Waals surface area contributed by atoms with Crippen molar-refractivity contribution in [2.24, 2.45) is 0 Å². The van der Waals surface area contributed by atoms with Gasteiger partial charge in [-0.3, -0.25) is 4.79 Å². The van der Waals surface area contributed by atoms with Crippen molar-refractivity contribution < 1.29 is 9.59 Å². The lowest BCUT2D eigenvalue weighted by atomic mass is 9.97. The number of hydrogen-bond donors (Lipinski definition) is 2. The number of pyridine rings is 1. The molecule has 0 saturated heterocycles. The molecule has 0 fully saturated rings. The fourth-order valence-corrected chi connectivity index (χ4v) is 3.91. The Morgan fingerprint density at radius 3 is 2.42 bits per heavy atom. The number of anilines is 1. The highest BCUT2D eigenvalue weighted by atomic mass is 16.2. The number of nitrogens with zero attached hydrogens (tertiary/aromatic N) is 3. The van der Waals surface area contributed by atoms with Crippen molar-refractivity contribution >= 4 is 28.7 Å². The first-order valence-corrected chi connectivity index (χ1v) is 11.0. The molecule has 0 radical (unpaired) electrons. The van der Waals surface area contributed by atoms with Crippen molar-refractivity contribution in [1.29, 1.82) is 0 Å². The van der Waals surface area contributed by atoms with Gasteiger partial charge in [0.25, 0.3) is 0 Å². The number of aryl methyl sites for hydroxylation is 2. The number of hydrogen-bond acceptors (Lipinski definition) is 4. The zero-order valence-electron chi connectivity index (χ0n) is 19.3. The molecule has 0 atom stereocenters. The monoisotopic (exact) mass is 441 g/mol. The van der Waals surface area contributed by atoms with Crippen molar-refractivity contribution in [2.75, 3.05) is 11.9 Å². The summed E-state index contributed by atoms with van der Waals surface area (Å²) in [7, 11) is 0. The van der Waals surface area contributed by atoms with E-state index in [1.165, 1.54) is 0 Å². The van der Waals surface area contributed by atoms with Gasteiger partial charge in [0.15, 0.2) is 11.4 Å². The number of carbonyl (C=O) groups is 2. The van der Waals surface area contributed by atoms with Gasteiger partial charge in [-0.1, -0.05) is 48.5 Å². The van der Waals surface area contributed by atoms with Crippen LogP contribution >= 0.6 is 0 Å². The largest absolute Gasteiger partial charge is 0.338 e. The van der Waals surface area contributed by atoms with Gasteiger partial charge < -0.3 is 15.2 Å². The third-order valence-electron chi connectivity index (χ3n) is 5.60. The Morgan fingerprint density at radius 1 is 1.00 bits per heavy atom. The number of nitrogens with one attached hydrogen (secondary N) is 2. The third kappa shape index (κ3) is 4.62. The Kier molecular flexibility index (Phi) is 6.22. The van der Waals surface area contributed by atoms with Crippen LogP contribution in [-0.2, 0) is 6.54 Å². The summed E-state index contributed by atoms with van der Waals surface area (Å²) in [6.07, 6.45) is 0. The summed E-state index contributed by atoms with van der Waals surface area (Å²) >= 11 is 0. The molecule has 2 amide bonds. The van der Waals surface area contributed by atoms with Gasteiger partial charge >= 0.3 is 6.03 Å². The van der Waals surface area contributed by atoms with Gasteiger partial charge in [0.05, 0.1) is 17.9 Å². The van der Waals surface area contributed by atoms with E-state index < -0.39 is 0 Å². The molecule has 4 rings (SSSR count). The van der Waals surface area contributed by atoms with Crippen LogP contribution in [0.25, 0.3) is 22.3 Å². The van der Waals surface area contributed by atoms with Gasteiger partial charge in [-0.25, -0.2) is 14.8 Å². The predicted molar refractivity (Wildman–Crippen MR) is 131 cm³/mol. The number of carbonyl (C=O) groups excluding carboxylic acids is 2. The maximum Gasteiger partial charge on any atom is 0.319 e. The molecule has 33 heavy (non-hydrogen) atoms. The number of fused-ring (bicyclic) bond motifs is 1. The minimum Gasteiger partial charge on any atom is -0.338 e. The molecule has 168 valence electrons. The quantitative estimate of drug-likeness (QED) is 0.407. The molecule has 2 aromatic heterocycles. The first kappa shape index (κ1) is 22.2. The number of amides is 2. The first-order chi connectivity index (χ1) is 15.9. The SMILES string of the molecule is CCNC(=O)Nc1cc2nc(C)n(Cc3ccc(-c4ccccc4C(C)=O)cc3)c2nc1C. The lowest BCUT2D eigenvalue weighted by Crippen LogP contribution is -2.28. The molecular formula is C26H27N5O2. The van der Waals surface area contributed by atoms with Crippen molar-refractivity contribution in [2.45, 2.75) is 34.2 Å². The topological polar surface area (TPSA) is 88.9 Å². The van der Waals surface area contributed by atoms with E-state index in [9.17, 15) is 9.59 Å². The molecule has 4 aromatic rings. The summed E-state index contributed by atoms with van der Waals surface area (Å²) in [5.41, 5.74) is 6.65. The molecule has 0 bridgehead atoms. The fourth-order valence-electron chi connectivity index (χ4n) is 3.91. The number of rotatable bonds is 6. The highest BCUT2D eigenvalue weighted by molar-refractivity contribution is 6.00. The van der Waals surface area contributed by atoms with Crippen LogP contribution in [0.4, 0.5) is 10.5 Å². The van der Waals surface area contributed by atoms with E-state index in [-0.39, 0.29) is 11.8 Å². The average Bonchev–Trinajstić information content (AvgIpc) is 3.08. The molecule has 2 aromatic carbocycles. The number of urea groups is 1. The Balaban J connectivity index is 1.62. The second kappa shape index (κ2) is 9.24. The van der Waals surface area contributed by atoms with Crippen LogP contribution in [-0.4, -0.2) is 32.9 Å². The molecule has 0 aliphatic rings. The van der Waals surface area contributed by atoms with Crippen molar-refractivity contribution in [3.05, 3.63) is 77.2 Å². The van der Waals surface area contributed by atoms with Crippen molar-refractivity contribution in [3.63, 3.8) is 0 Å². The number of Topliss-reactive ketones (excluding diaryl/α,β-unsaturated/α-hetero) is 1. The Bertz CT molecular complexity index is 1340. The molecule has 2 N–H and O–H groups in total. The zero-order valence-corrected chi connectivity index (χ0v) is 19.3. The maximum atomic E-state index is 12.0. The van der Waals surface area contributed by atoms with Gasteiger partial charge in [0.2, 0.25) is 0 Å². The minimum atomic E-state index is -0.260. The summed E-state index contributed by atoms with van der Waals surface area (Å²) in [6, 6.07) is 17.5. The average molecular weight is 442 g/mol. The second-order valence-electron chi connectivity index (χ2n) is 7.99. The van der Waals surface area contributed by atoms with Gasteiger partial charge in [-0.2, -0.15) is 0 Å². The van der Waals surface area contributed by atoms with Crippen LogP contribution in [0.1, 0.15) is 41.3 Å². The van der Waals surface area contributed by atoms with Crippen LogP contribution in [0.3, 0.4) is 0 Å². The number of benzene rings is 2. The Labute approximate surface area is 192 Å². The van der Waals surface area contributed by atoms with Crippen LogP contribution < -0.4 is 10.6 Å². The van der Waals surface area contributed by atoms with Gasteiger partial charge in [0, 0.05) is 12.1 Å². The lowest BCUT2D eigenvalue weighted by molar-refractivity contribution is 0.101. The van der Waals surface area contributed by atoms with Crippen molar-refractivity contribution in [1.82, 2.24) is 19.9 Å². The van der Waals surface area contributed by atoms with Gasteiger partial charge in [-0.05, 0) is 50.5 Å². The standard InChI is InChI=1S/C26H27N5O2/c1-5-27-26(33)30-23-14-24-25(28-16(23)2)31(18(4)29-24)15-19-10-12-20(13-11-19)22-9-7-6-8-21(22)17(3)32/h6-14H,5,15H2,1-4H3,(H2,27,30,33). The molecule has 7 heteroatoms. The van der Waals surface area contributed by atoms with E-state index in [1.54, 1.807) is 6.92 Å². The van der Waals surface area contributed by atoms with Gasteiger partial charge in [0.1, 0.15) is 11.3 Å². The van der Waals surface area contributed by atoms with E-state index in [1.807, 2.05) is 63.2 Å². The van der Waals surface area contributed by atoms with E-state index >= 15 is 0 Å². The number of ketones is 1. The Hall–Kier alpha value is -4.00. The van der Waals surface area contributed by atoms with E-state index in [4.69, 9.17) is 4.98 Å². The third-order valence-corrected chi connectivity index (χ3v) is 5.60. The molecule has 0 aliphatic carbocycles. The molecule has 0 unspecified atom stereocenters. The fraction of sp³-hybridized carbons (Fsp3) is 0.231. The van der Waals surface area contributed by atoms with Crippen LogP contribution in [0, 0.1) is 13.8 Å². The van der Waals surface area contributed by atoms with E-state index in [2.05, 4.69) is 32.3 Å². The first-order valence-electron chi connectivity index (χ1n) is 11.0. The smallest absolute Gasteiger partial charge is 0.319 e. The summed E-state index contributed by atoms with van der Waals surface area (Å²) in [4.78, 5) is 33.3. The summed E-state index contributed by atoms with van der Waals surface area (Å²) in [6.45, 7) is 8.44. The summed E-state index contributed by atoms with van der Waals surface area (Å²) < 4.78 is 2.07. The minimum absolute atomic E-state index is 0.0534. The highest BCUT2D eigenvalue weighted by Gasteiger charge is 2.14. The molecule has 0 saturated carbocycles. The zero-order chi connectivity index (χ0) is 23.5. The van der Waals surface area contributed by atoms with E-state index in [0.29, 0.717) is 18.8 Å². The molecule has 7 nitrogen and oxygen atoms in total. The number of imidazole rings is 1. The maximum absolute atomic E-state index is 12.0. The van der Waals surface area contributed by atoms with Crippen LogP contribution in [0.5, 0.6) is 0 Å². The Morgan fingerprint density at radius 2 is 1.73 bits per heavy atom. The van der Waals surface area contributed by atoms with Crippen LogP contribution in [0.15, 0.2) is 54.6 Å². The molecule has 0 spiro atoms. The van der Waals surface area contributed by atoms with Gasteiger partial charge in [-0.15, -0.1) is 0 Å². The lowest BCUT2D eigenvalue weighted by Gasteiger charge is -2.11. The predicted octanol–water partition coefficient (Wildman–Crippen LogP) is 5.11. The summed E-state index contributed by atoms with van der Waals surface area (Å²) in [5, 5.41) is 5.55. The molecular weight excluding hydrogens is 414 g/mol. The summed E-state index contributed by atoms with van der Waals surface area (Å²) in [5.74, 6) is 0.899. The molecule has 2 heterocycles. The van der Waals surface area contributed by atoms with Crippen molar-refractivity contribution in [3.8, 4) is 11.1 Å². The number of aromatic nitrogens is 3.